The number of nitro groups is 1. The highest BCUT2D eigenvalue weighted by atomic mass is 16.6. The van der Waals surface area contributed by atoms with Crippen molar-refractivity contribution in [3.63, 3.8) is 0 Å². The van der Waals surface area contributed by atoms with Crippen molar-refractivity contribution in [2.45, 2.75) is 13.0 Å². The van der Waals surface area contributed by atoms with Gasteiger partial charge in [0.1, 0.15) is 32.7 Å². The number of rotatable bonds is 6. The zero-order valence-corrected chi connectivity index (χ0v) is 17.0. The summed E-state index contributed by atoms with van der Waals surface area (Å²) in [6.07, 6.45) is 5.25. The molecule has 0 unspecified atom stereocenters. The molecule has 4 atom stereocenters. The highest BCUT2D eigenvalue weighted by molar-refractivity contribution is 6.06. The van der Waals surface area contributed by atoms with E-state index in [0.29, 0.717) is 6.54 Å². The Balaban J connectivity index is 1.09. The molecular formula is C22H28N4O4+2. The minimum Gasteiger partial charge on any atom is -0.324 e. The molecule has 2 heterocycles. The van der Waals surface area contributed by atoms with E-state index in [0.717, 1.165) is 51.3 Å². The molecule has 3 fully saturated rings. The summed E-state index contributed by atoms with van der Waals surface area (Å²) >= 11 is 0. The quantitative estimate of drug-likeness (QED) is 0.263. The summed E-state index contributed by atoms with van der Waals surface area (Å²) in [5.74, 6) is 0.490. The minimum absolute atomic E-state index is 0.0590. The van der Waals surface area contributed by atoms with Crippen molar-refractivity contribution in [1.82, 2.24) is 4.90 Å². The van der Waals surface area contributed by atoms with Crippen molar-refractivity contribution < 1.29 is 24.3 Å². The fourth-order valence-electron chi connectivity index (χ4n) is 5.86. The molecule has 8 nitrogen and oxygen atoms in total. The van der Waals surface area contributed by atoms with Gasteiger partial charge in [-0.25, -0.2) is 0 Å². The van der Waals surface area contributed by atoms with E-state index in [2.05, 4.69) is 12.2 Å². The number of carbonyl (C=O) groups is 2. The van der Waals surface area contributed by atoms with Gasteiger partial charge in [-0.3, -0.25) is 24.6 Å². The minimum atomic E-state index is -0.372. The molecule has 2 aliphatic carbocycles. The molecule has 2 aliphatic heterocycles. The van der Waals surface area contributed by atoms with E-state index in [9.17, 15) is 19.7 Å². The smallest absolute Gasteiger partial charge is 0.269 e. The van der Waals surface area contributed by atoms with Gasteiger partial charge in [-0.05, 0) is 30.4 Å². The van der Waals surface area contributed by atoms with E-state index in [1.165, 1.54) is 9.80 Å². The van der Waals surface area contributed by atoms with Crippen LogP contribution in [0.1, 0.15) is 12.0 Å². The molecule has 1 saturated carbocycles. The summed E-state index contributed by atoms with van der Waals surface area (Å²) < 4.78 is 0. The van der Waals surface area contributed by atoms with Gasteiger partial charge in [0.15, 0.2) is 0 Å². The fourth-order valence-corrected chi connectivity index (χ4v) is 5.86. The van der Waals surface area contributed by atoms with E-state index < -0.39 is 0 Å². The Morgan fingerprint density at radius 3 is 2.07 bits per heavy atom. The van der Waals surface area contributed by atoms with E-state index in [4.69, 9.17) is 0 Å². The van der Waals surface area contributed by atoms with Gasteiger partial charge >= 0.3 is 0 Å². The number of quaternary nitrogens is 2. The van der Waals surface area contributed by atoms with Crippen LogP contribution in [0.25, 0.3) is 0 Å². The van der Waals surface area contributed by atoms with Gasteiger partial charge in [-0.1, -0.05) is 12.2 Å². The van der Waals surface area contributed by atoms with Gasteiger partial charge in [0.25, 0.3) is 5.69 Å². The predicted octanol–water partition coefficient (Wildman–Crippen LogP) is -1.31. The van der Waals surface area contributed by atoms with Crippen LogP contribution in [0, 0.1) is 33.8 Å². The van der Waals surface area contributed by atoms with Crippen LogP contribution in [0.15, 0.2) is 36.4 Å². The lowest BCUT2D eigenvalue weighted by Gasteiger charge is -2.30. The Morgan fingerprint density at radius 2 is 1.50 bits per heavy atom. The second kappa shape index (κ2) is 7.59. The topological polar surface area (TPSA) is 89.4 Å². The SMILES string of the molecule is O=C1[C@@H]2[C@H](C(=O)N1CC[NH+]1CC[NH+](Cc3ccc([N+](=O)[O-])cc3)CC1)[C@@H]1C=C[C@H]2C1. The fraction of sp³-hybridized carbons (Fsp3) is 0.545. The number of imide groups is 1. The first-order valence-electron chi connectivity index (χ1n) is 11.0. The third kappa shape index (κ3) is 3.33. The van der Waals surface area contributed by atoms with E-state index >= 15 is 0 Å². The largest absolute Gasteiger partial charge is 0.324 e. The molecule has 4 aliphatic rings. The summed E-state index contributed by atoms with van der Waals surface area (Å²) in [5.41, 5.74) is 1.24. The second-order valence-corrected chi connectivity index (χ2v) is 9.18. The summed E-state index contributed by atoms with van der Waals surface area (Å²) in [5, 5.41) is 10.8. The average Bonchev–Trinajstić information content (AvgIpc) is 3.42. The number of likely N-dealkylation sites (tertiary alicyclic amines) is 1. The highest BCUT2D eigenvalue weighted by Crippen LogP contribution is 2.52. The normalized spacial score (nSPS) is 34.6. The molecule has 2 amide bonds. The number of hydrogen-bond acceptors (Lipinski definition) is 4. The van der Waals surface area contributed by atoms with Crippen LogP contribution in [0.2, 0.25) is 0 Å². The number of non-ortho nitro benzene ring substituents is 1. The predicted molar refractivity (Wildman–Crippen MR) is 107 cm³/mol. The monoisotopic (exact) mass is 412 g/mol. The maximum absolute atomic E-state index is 12.8. The third-order valence-electron chi connectivity index (χ3n) is 7.52. The van der Waals surface area contributed by atoms with Crippen molar-refractivity contribution in [3.8, 4) is 0 Å². The first-order chi connectivity index (χ1) is 14.5. The Kier molecular flexibility index (Phi) is 4.91. The lowest BCUT2D eigenvalue weighted by atomic mass is 9.85. The first-order valence-corrected chi connectivity index (χ1v) is 11.0. The van der Waals surface area contributed by atoms with Crippen LogP contribution >= 0.6 is 0 Å². The Hall–Kier alpha value is -2.58. The number of amides is 2. The van der Waals surface area contributed by atoms with Gasteiger partial charge in [-0.2, -0.15) is 0 Å². The Labute approximate surface area is 175 Å². The molecule has 158 valence electrons. The summed E-state index contributed by atoms with van der Waals surface area (Å²) in [6, 6.07) is 6.82. The van der Waals surface area contributed by atoms with Crippen LogP contribution in [-0.4, -0.2) is 60.9 Å². The molecule has 1 aromatic carbocycles. The standard InChI is InChI=1S/C22H26N4O4/c27-21-19-16-3-4-17(13-16)20(19)22(28)25(21)12-11-23-7-9-24(10-8-23)14-15-1-5-18(6-2-15)26(29)30/h1-6,16-17,19-20H,7-14H2/p+2/t16-,17+,19-,20+. The van der Waals surface area contributed by atoms with Gasteiger partial charge < -0.3 is 9.80 Å². The maximum atomic E-state index is 12.8. The van der Waals surface area contributed by atoms with E-state index in [-0.39, 0.29) is 46.1 Å². The van der Waals surface area contributed by atoms with Crippen LogP contribution < -0.4 is 9.80 Å². The lowest BCUT2D eigenvalue weighted by molar-refractivity contribution is -1.02. The van der Waals surface area contributed by atoms with Crippen molar-refractivity contribution >= 4 is 17.5 Å². The van der Waals surface area contributed by atoms with Crippen LogP contribution in [-0.2, 0) is 16.1 Å². The van der Waals surface area contributed by atoms with Gasteiger partial charge in [0.05, 0.1) is 29.8 Å². The molecular weight excluding hydrogens is 384 g/mol. The molecule has 1 aromatic rings. The van der Waals surface area contributed by atoms with Crippen LogP contribution in [0.3, 0.4) is 0 Å². The van der Waals surface area contributed by atoms with E-state index in [1.54, 1.807) is 17.0 Å². The maximum Gasteiger partial charge on any atom is 0.269 e. The summed E-state index contributed by atoms with van der Waals surface area (Å²) in [4.78, 5) is 40.5. The molecule has 8 heteroatoms. The summed E-state index contributed by atoms with van der Waals surface area (Å²) in [7, 11) is 0. The van der Waals surface area contributed by atoms with Crippen molar-refractivity contribution in [1.29, 1.82) is 0 Å². The third-order valence-corrected chi connectivity index (χ3v) is 7.52. The number of carbonyl (C=O) groups excluding carboxylic acids is 2. The van der Waals surface area contributed by atoms with Gasteiger partial charge in [0, 0.05) is 17.7 Å². The number of hydrogen-bond donors (Lipinski definition) is 2. The number of nitrogens with zero attached hydrogens (tertiary/aromatic N) is 2. The molecule has 30 heavy (non-hydrogen) atoms. The highest BCUT2D eigenvalue weighted by Gasteiger charge is 2.59. The summed E-state index contributed by atoms with van der Waals surface area (Å²) in [6.45, 7) is 6.30. The number of piperazine rings is 1. The molecule has 2 N–H and O–H groups in total. The van der Waals surface area contributed by atoms with Gasteiger partial charge in [0.2, 0.25) is 11.8 Å². The zero-order chi connectivity index (χ0) is 20.8. The second-order valence-electron chi connectivity index (χ2n) is 9.18. The molecule has 2 saturated heterocycles. The molecule has 2 bridgehead atoms. The lowest BCUT2D eigenvalue weighted by Crippen LogP contribution is -3.27. The Bertz CT molecular complexity index is 861. The molecule has 0 radical (unpaired) electrons. The Morgan fingerprint density at radius 1 is 0.933 bits per heavy atom. The molecule has 0 aromatic heterocycles. The number of allylic oxidation sites excluding steroid dienone is 2. The molecule has 5 rings (SSSR count). The molecule has 0 spiro atoms. The van der Waals surface area contributed by atoms with Crippen LogP contribution in [0.4, 0.5) is 5.69 Å². The number of fused-ring (bicyclic) bond motifs is 5. The first kappa shape index (κ1) is 19.4. The average molecular weight is 412 g/mol. The van der Waals surface area contributed by atoms with Crippen LogP contribution in [0.5, 0.6) is 0 Å². The van der Waals surface area contributed by atoms with Crippen molar-refractivity contribution in [2.24, 2.45) is 23.7 Å². The number of nitrogens with one attached hydrogen (secondary N) is 2. The number of benzene rings is 1. The zero-order valence-electron chi connectivity index (χ0n) is 17.0. The number of nitro benzene ring substituents is 1. The van der Waals surface area contributed by atoms with Crippen molar-refractivity contribution in [2.75, 3.05) is 39.3 Å². The van der Waals surface area contributed by atoms with Crippen molar-refractivity contribution in [3.05, 3.63) is 52.1 Å². The van der Waals surface area contributed by atoms with Gasteiger partial charge in [-0.15, -0.1) is 0 Å². The van der Waals surface area contributed by atoms with E-state index in [1.807, 2.05) is 12.1 Å².